The summed E-state index contributed by atoms with van der Waals surface area (Å²) in [5.41, 5.74) is 2.22. The van der Waals surface area contributed by atoms with Crippen molar-refractivity contribution >= 4 is 5.57 Å². The van der Waals surface area contributed by atoms with Crippen LogP contribution in [0, 0.1) is 0 Å². The Bertz CT molecular complexity index is 251. The second-order valence-electron chi connectivity index (χ2n) is 3.02. The van der Waals surface area contributed by atoms with Gasteiger partial charge in [0.05, 0.1) is 6.61 Å². The summed E-state index contributed by atoms with van der Waals surface area (Å²) in [5, 5.41) is 0. The zero-order valence-electron chi connectivity index (χ0n) is 8.12. The topological polar surface area (TPSA) is 9.23 Å². The fourth-order valence-corrected chi connectivity index (χ4v) is 1.10. The van der Waals surface area contributed by atoms with Crippen molar-refractivity contribution < 1.29 is 4.74 Å². The van der Waals surface area contributed by atoms with Crippen LogP contribution >= 0.6 is 0 Å². The Morgan fingerprint density at radius 3 is 2.62 bits per heavy atom. The fraction of sp³-hybridized carbons (Fsp3) is 0.333. The van der Waals surface area contributed by atoms with E-state index in [1.54, 1.807) is 0 Å². The maximum absolute atomic E-state index is 5.40. The van der Waals surface area contributed by atoms with Crippen LogP contribution in [0.5, 0.6) is 0 Å². The van der Waals surface area contributed by atoms with E-state index in [1.807, 2.05) is 18.2 Å². The highest BCUT2D eigenvalue weighted by atomic mass is 16.5. The van der Waals surface area contributed by atoms with E-state index in [4.69, 9.17) is 4.74 Å². The van der Waals surface area contributed by atoms with E-state index in [2.05, 4.69) is 25.6 Å². The van der Waals surface area contributed by atoms with E-state index in [9.17, 15) is 0 Å². The Morgan fingerprint density at radius 1 is 1.31 bits per heavy atom. The largest absolute Gasteiger partial charge is 0.377 e. The molecule has 0 aliphatic carbocycles. The van der Waals surface area contributed by atoms with Crippen LogP contribution in [0.4, 0.5) is 0 Å². The van der Waals surface area contributed by atoms with E-state index < -0.39 is 0 Å². The molecule has 1 heteroatoms. The molecule has 0 aromatic heterocycles. The first kappa shape index (κ1) is 10.0. The first-order valence-electron chi connectivity index (χ1n) is 4.65. The van der Waals surface area contributed by atoms with E-state index in [0.717, 1.165) is 18.6 Å². The molecule has 0 radical (unpaired) electrons. The lowest BCUT2D eigenvalue weighted by Gasteiger charge is -2.05. The van der Waals surface area contributed by atoms with E-state index in [1.165, 1.54) is 5.56 Å². The number of benzene rings is 1. The smallest absolute Gasteiger partial charge is 0.0716 e. The minimum atomic E-state index is 0.637. The maximum atomic E-state index is 5.40. The normalized spacial score (nSPS) is 9.92. The van der Waals surface area contributed by atoms with Crippen LogP contribution in [0.25, 0.3) is 5.57 Å². The van der Waals surface area contributed by atoms with Gasteiger partial charge in [0.15, 0.2) is 0 Å². The molecule has 0 N–H and O–H groups in total. The molecular formula is C12H16O. The molecule has 1 rings (SSSR count). The van der Waals surface area contributed by atoms with Crippen molar-refractivity contribution in [3.63, 3.8) is 0 Å². The first-order chi connectivity index (χ1) is 6.34. The summed E-state index contributed by atoms with van der Waals surface area (Å²) in [5.74, 6) is 0. The Morgan fingerprint density at radius 2 is 2.00 bits per heavy atom. The highest BCUT2D eigenvalue weighted by molar-refractivity contribution is 5.63. The van der Waals surface area contributed by atoms with Crippen LogP contribution in [0.3, 0.4) is 0 Å². The molecule has 70 valence electrons. The molecule has 0 heterocycles. The average Bonchev–Trinajstić information content (AvgIpc) is 2.19. The molecule has 0 amide bonds. The maximum Gasteiger partial charge on any atom is 0.0716 e. The van der Waals surface area contributed by atoms with Crippen molar-refractivity contribution in [3.05, 3.63) is 42.5 Å². The Labute approximate surface area is 80.0 Å². The molecule has 0 unspecified atom stereocenters. The molecule has 0 fully saturated rings. The Hall–Kier alpha value is -1.08. The van der Waals surface area contributed by atoms with Gasteiger partial charge in [0.25, 0.3) is 0 Å². The quantitative estimate of drug-likeness (QED) is 0.626. The van der Waals surface area contributed by atoms with E-state index >= 15 is 0 Å². The van der Waals surface area contributed by atoms with Gasteiger partial charge in [-0.3, -0.25) is 0 Å². The second kappa shape index (κ2) is 5.55. The highest BCUT2D eigenvalue weighted by Gasteiger charge is 1.96. The molecule has 0 saturated carbocycles. The predicted molar refractivity (Wildman–Crippen MR) is 56.6 cm³/mol. The van der Waals surface area contributed by atoms with Crippen LogP contribution in [-0.2, 0) is 4.74 Å². The summed E-state index contributed by atoms with van der Waals surface area (Å²) in [6.45, 7) is 7.52. The standard InChI is InChI=1S/C12H16O/c1-3-9-13-10-11(2)12-7-5-4-6-8-12/h4-8H,2-3,9-10H2,1H3. The van der Waals surface area contributed by atoms with Crippen molar-refractivity contribution in [1.82, 2.24) is 0 Å². The molecule has 1 aromatic carbocycles. The zero-order valence-corrected chi connectivity index (χ0v) is 8.12. The number of rotatable bonds is 5. The highest BCUT2D eigenvalue weighted by Crippen LogP contribution is 2.11. The second-order valence-corrected chi connectivity index (χ2v) is 3.02. The molecule has 1 aromatic rings. The SMILES string of the molecule is C=C(COCCC)c1ccccc1. The summed E-state index contributed by atoms with van der Waals surface area (Å²) >= 11 is 0. The molecule has 0 aliphatic heterocycles. The minimum Gasteiger partial charge on any atom is -0.377 e. The monoisotopic (exact) mass is 176 g/mol. The van der Waals surface area contributed by atoms with Gasteiger partial charge in [-0.25, -0.2) is 0 Å². The van der Waals surface area contributed by atoms with E-state index in [-0.39, 0.29) is 0 Å². The summed E-state index contributed by atoms with van der Waals surface area (Å²) in [7, 11) is 0. The lowest BCUT2D eigenvalue weighted by atomic mass is 10.1. The van der Waals surface area contributed by atoms with Gasteiger partial charge in [-0.2, -0.15) is 0 Å². The predicted octanol–water partition coefficient (Wildman–Crippen LogP) is 3.13. The number of ether oxygens (including phenoxy) is 1. The average molecular weight is 176 g/mol. The van der Waals surface area contributed by atoms with Crippen molar-refractivity contribution in [2.75, 3.05) is 13.2 Å². The van der Waals surface area contributed by atoms with Crippen LogP contribution < -0.4 is 0 Å². The summed E-state index contributed by atoms with van der Waals surface area (Å²) < 4.78 is 5.40. The molecule has 0 saturated heterocycles. The molecule has 0 bridgehead atoms. The third-order valence-electron chi connectivity index (χ3n) is 1.81. The van der Waals surface area contributed by atoms with Crippen LogP contribution in [0.1, 0.15) is 18.9 Å². The molecule has 0 spiro atoms. The van der Waals surface area contributed by atoms with Crippen molar-refractivity contribution in [3.8, 4) is 0 Å². The Balaban J connectivity index is 2.40. The zero-order chi connectivity index (χ0) is 9.52. The van der Waals surface area contributed by atoms with Crippen LogP contribution in [-0.4, -0.2) is 13.2 Å². The number of hydrogen-bond donors (Lipinski definition) is 0. The number of hydrogen-bond acceptors (Lipinski definition) is 1. The van der Waals surface area contributed by atoms with Gasteiger partial charge in [0.2, 0.25) is 0 Å². The summed E-state index contributed by atoms with van der Waals surface area (Å²) in [6.07, 6.45) is 1.06. The van der Waals surface area contributed by atoms with Crippen molar-refractivity contribution in [2.24, 2.45) is 0 Å². The van der Waals surface area contributed by atoms with Crippen LogP contribution in [0.15, 0.2) is 36.9 Å². The lowest BCUT2D eigenvalue weighted by Crippen LogP contribution is -1.97. The Kier molecular flexibility index (Phi) is 4.27. The minimum absolute atomic E-state index is 0.637. The van der Waals surface area contributed by atoms with Gasteiger partial charge in [-0.1, -0.05) is 43.8 Å². The van der Waals surface area contributed by atoms with Gasteiger partial charge in [0, 0.05) is 6.61 Å². The van der Waals surface area contributed by atoms with E-state index in [0.29, 0.717) is 6.61 Å². The molecule has 1 nitrogen and oxygen atoms in total. The first-order valence-corrected chi connectivity index (χ1v) is 4.65. The van der Waals surface area contributed by atoms with Gasteiger partial charge >= 0.3 is 0 Å². The third-order valence-corrected chi connectivity index (χ3v) is 1.81. The van der Waals surface area contributed by atoms with Crippen molar-refractivity contribution in [2.45, 2.75) is 13.3 Å². The summed E-state index contributed by atoms with van der Waals surface area (Å²) in [6, 6.07) is 10.1. The molecule has 0 aliphatic rings. The molecular weight excluding hydrogens is 160 g/mol. The van der Waals surface area contributed by atoms with Crippen LogP contribution in [0.2, 0.25) is 0 Å². The molecule has 0 atom stereocenters. The molecule has 13 heavy (non-hydrogen) atoms. The van der Waals surface area contributed by atoms with Gasteiger partial charge in [-0.15, -0.1) is 0 Å². The van der Waals surface area contributed by atoms with Crippen molar-refractivity contribution in [1.29, 1.82) is 0 Å². The fourth-order valence-electron chi connectivity index (χ4n) is 1.10. The summed E-state index contributed by atoms with van der Waals surface area (Å²) in [4.78, 5) is 0. The van der Waals surface area contributed by atoms with Gasteiger partial charge < -0.3 is 4.74 Å². The lowest BCUT2D eigenvalue weighted by molar-refractivity contribution is 0.168. The van der Waals surface area contributed by atoms with Gasteiger partial charge in [0.1, 0.15) is 0 Å². The third kappa shape index (κ3) is 3.43. The van der Waals surface area contributed by atoms with Gasteiger partial charge in [-0.05, 0) is 17.6 Å².